The lowest BCUT2D eigenvalue weighted by atomic mass is 9.97. The van der Waals surface area contributed by atoms with E-state index in [0.29, 0.717) is 29.5 Å². The zero-order valence-electron chi connectivity index (χ0n) is 16.3. The van der Waals surface area contributed by atoms with Crippen LogP contribution in [0, 0.1) is 12.8 Å². The van der Waals surface area contributed by atoms with Gasteiger partial charge in [-0.3, -0.25) is 9.69 Å². The van der Waals surface area contributed by atoms with Gasteiger partial charge in [-0.1, -0.05) is 6.07 Å². The van der Waals surface area contributed by atoms with Gasteiger partial charge in [-0.2, -0.15) is 0 Å². The average molecular weight is 389 g/mol. The van der Waals surface area contributed by atoms with Gasteiger partial charge in [0.15, 0.2) is 11.5 Å². The molecule has 1 fully saturated rings. The molecule has 0 spiro atoms. The van der Waals surface area contributed by atoms with Crippen LogP contribution in [0.2, 0.25) is 0 Å². The van der Waals surface area contributed by atoms with Crippen molar-refractivity contribution in [2.75, 3.05) is 33.9 Å². The summed E-state index contributed by atoms with van der Waals surface area (Å²) in [6.07, 6.45) is 2.32. The monoisotopic (exact) mass is 388 g/mol. The molecule has 1 aliphatic heterocycles. The number of thiophene rings is 1. The Hall–Kier alpha value is -2.05. The summed E-state index contributed by atoms with van der Waals surface area (Å²) in [4.78, 5) is 17.9. The number of hydrogen-bond acceptors (Lipinski definition) is 5. The summed E-state index contributed by atoms with van der Waals surface area (Å²) in [7, 11) is 3.13. The van der Waals surface area contributed by atoms with Crippen molar-refractivity contribution in [3.63, 3.8) is 0 Å². The van der Waals surface area contributed by atoms with Crippen molar-refractivity contribution in [1.82, 2.24) is 10.2 Å². The molecule has 1 unspecified atom stereocenters. The molecule has 1 aromatic heterocycles. The molecule has 1 N–H and O–H groups in total. The van der Waals surface area contributed by atoms with Gasteiger partial charge in [0, 0.05) is 29.4 Å². The normalized spacial score (nSPS) is 17.5. The number of likely N-dealkylation sites (tertiary alicyclic amines) is 1. The van der Waals surface area contributed by atoms with E-state index in [9.17, 15) is 4.79 Å². The fourth-order valence-electron chi connectivity index (χ4n) is 3.65. The molecular weight excluding hydrogens is 360 g/mol. The minimum atomic E-state index is -0.114. The first kappa shape index (κ1) is 19.7. The molecule has 1 atom stereocenters. The summed E-state index contributed by atoms with van der Waals surface area (Å²) >= 11 is 1.87. The van der Waals surface area contributed by atoms with Crippen molar-refractivity contribution in [1.29, 1.82) is 0 Å². The van der Waals surface area contributed by atoms with Gasteiger partial charge in [0.05, 0.1) is 19.8 Å². The predicted octanol–water partition coefficient (Wildman–Crippen LogP) is 3.72. The summed E-state index contributed by atoms with van der Waals surface area (Å²) < 4.78 is 10.7. The first-order chi connectivity index (χ1) is 13.1. The highest BCUT2D eigenvalue weighted by atomic mass is 32.1. The van der Waals surface area contributed by atoms with E-state index in [1.54, 1.807) is 26.4 Å². The van der Waals surface area contributed by atoms with Crippen molar-refractivity contribution < 1.29 is 14.3 Å². The quantitative estimate of drug-likeness (QED) is 0.785. The van der Waals surface area contributed by atoms with Crippen LogP contribution in [0.5, 0.6) is 11.5 Å². The first-order valence-electron chi connectivity index (χ1n) is 9.37. The molecule has 1 saturated heterocycles. The Morgan fingerprint density at radius 1 is 1.26 bits per heavy atom. The van der Waals surface area contributed by atoms with Crippen molar-refractivity contribution in [2.24, 2.45) is 5.92 Å². The van der Waals surface area contributed by atoms with Crippen LogP contribution in [0.3, 0.4) is 0 Å². The molecule has 3 rings (SSSR count). The van der Waals surface area contributed by atoms with Crippen LogP contribution in [-0.2, 0) is 6.54 Å². The summed E-state index contributed by atoms with van der Waals surface area (Å²) in [6.45, 7) is 5.99. The second kappa shape index (κ2) is 9.24. The Morgan fingerprint density at radius 2 is 2.11 bits per heavy atom. The summed E-state index contributed by atoms with van der Waals surface area (Å²) in [6, 6.07) is 9.77. The number of methoxy groups -OCH3 is 2. The van der Waals surface area contributed by atoms with Crippen molar-refractivity contribution in [3.8, 4) is 11.5 Å². The largest absolute Gasteiger partial charge is 0.493 e. The number of aryl methyl sites for hydroxylation is 1. The smallest absolute Gasteiger partial charge is 0.255 e. The molecule has 0 radical (unpaired) electrons. The van der Waals surface area contributed by atoms with E-state index >= 15 is 0 Å². The lowest BCUT2D eigenvalue weighted by Crippen LogP contribution is -2.40. The zero-order valence-corrected chi connectivity index (χ0v) is 17.1. The van der Waals surface area contributed by atoms with Gasteiger partial charge >= 0.3 is 0 Å². The highest BCUT2D eigenvalue weighted by molar-refractivity contribution is 7.11. The van der Waals surface area contributed by atoms with Gasteiger partial charge in [-0.25, -0.2) is 0 Å². The number of rotatable bonds is 7. The summed E-state index contributed by atoms with van der Waals surface area (Å²) in [5.74, 6) is 1.41. The predicted molar refractivity (Wildman–Crippen MR) is 109 cm³/mol. The third kappa shape index (κ3) is 5.02. The molecule has 2 heterocycles. The van der Waals surface area contributed by atoms with Crippen molar-refractivity contribution >= 4 is 17.2 Å². The van der Waals surface area contributed by atoms with Gasteiger partial charge in [0.1, 0.15) is 0 Å². The number of ether oxygens (including phenoxy) is 2. The van der Waals surface area contributed by atoms with Crippen LogP contribution in [0.15, 0.2) is 30.3 Å². The molecule has 2 aromatic rings. The van der Waals surface area contributed by atoms with Gasteiger partial charge in [0.2, 0.25) is 0 Å². The maximum Gasteiger partial charge on any atom is 0.255 e. The minimum Gasteiger partial charge on any atom is -0.493 e. The first-order valence-corrected chi connectivity index (χ1v) is 10.2. The number of carbonyl (C=O) groups excluding carboxylic acids is 1. The minimum absolute atomic E-state index is 0.114. The van der Waals surface area contributed by atoms with E-state index in [0.717, 1.165) is 26.1 Å². The Bertz CT molecular complexity index is 775. The molecule has 1 aliphatic rings. The molecular formula is C21H28N2O3S. The average Bonchev–Trinajstić information content (AvgIpc) is 3.10. The maximum atomic E-state index is 12.7. The number of nitrogens with one attached hydrogen (secondary N) is 1. The molecule has 27 heavy (non-hydrogen) atoms. The second-order valence-corrected chi connectivity index (χ2v) is 8.38. The lowest BCUT2D eigenvalue weighted by molar-refractivity contribution is 0.0927. The molecule has 1 aromatic carbocycles. The van der Waals surface area contributed by atoms with E-state index in [-0.39, 0.29) is 5.91 Å². The van der Waals surface area contributed by atoms with Crippen LogP contribution in [0.25, 0.3) is 0 Å². The zero-order chi connectivity index (χ0) is 19.2. The number of carbonyl (C=O) groups is 1. The van der Waals surface area contributed by atoms with Gasteiger partial charge < -0.3 is 14.8 Å². The third-order valence-electron chi connectivity index (χ3n) is 4.98. The SMILES string of the molecule is COc1cccc(C(=O)NCC2CCCN(Cc3ccc(C)s3)C2)c1OC. The number of hydrogen-bond donors (Lipinski definition) is 1. The Balaban J connectivity index is 1.55. The second-order valence-electron chi connectivity index (χ2n) is 7.01. The molecule has 0 saturated carbocycles. The molecule has 1 amide bonds. The van der Waals surface area contributed by atoms with E-state index in [2.05, 4.69) is 29.3 Å². The number of amides is 1. The molecule has 5 nitrogen and oxygen atoms in total. The van der Waals surface area contributed by atoms with Crippen LogP contribution in [0.4, 0.5) is 0 Å². The Labute approximate surface area is 165 Å². The number of benzene rings is 1. The lowest BCUT2D eigenvalue weighted by Gasteiger charge is -2.32. The van der Waals surface area contributed by atoms with E-state index in [1.165, 1.54) is 16.2 Å². The molecule has 6 heteroatoms. The summed E-state index contributed by atoms with van der Waals surface area (Å²) in [5.41, 5.74) is 0.513. The van der Waals surface area contributed by atoms with E-state index < -0.39 is 0 Å². The van der Waals surface area contributed by atoms with Gasteiger partial charge in [-0.05, 0) is 56.5 Å². The van der Waals surface area contributed by atoms with Gasteiger partial charge in [-0.15, -0.1) is 11.3 Å². The fourth-order valence-corrected chi connectivity index (χ4v) is 4.58. The van der Waals surface area contributed by atoms with Gasteiger partial charge in [0.25, 0.3) is 5.91 Å². The Morgan fingerprint density at radius 3 is 2.81 bits per heavy atom. The number of para-hydroxylation sites is 1. The van der Waals surface area contributed by atoms with E-state index in [4.69, 9.17) is 9.47 Å². The van der Waals surface area contributed by atoms with Crippen molar-refractivity contribution in [2.45, 2.75) is 26.3 Å². The molecule has 0 bridgehead atoms. The highest BCUT2D eigenvalue weighted by Crippen LogP contribution is 2.30. The highest BCUT2D eigenvalue weighted by Gasteiger charge is 2.22. The van der Waals surface area contributed by atoms with Crippen LogP contribution in [-0.4, -0.2) is 44.7 Å². The standard InChI is InChI=1S/C21H28N2O3S/c1-15-9-10-17(27-15)14-23-11-5-6-16(13-23)12-22-21(24)18-7-4-8-19(25-2)20(18)26-3/h4,7-10,16H,5-6,11-14H2,1-3H3,(H,22,24). The summed E-state index contributed by atoms with van der Waals surface area (Å²) in [5, 5.41) is 3.08. The third-order valence-corrected chi connectivity index (χ3v) is 5.96. The number of piperidine rings is 1. The van der Waals surface area contributed by atoms with Crippen LogP contribution >= 0.6 is 11.3 Å². The molecule has 146 valence electrons. The molecule has 0 aliphatic carbocycles. The Kier molecular flexibility index (Phi) is 6.74. The number of nitrogens with zero attached hydrogens (tertiary/aromatic N) is 1. The van der Waals surface area contributed by atoms with Crippen LogP contribution in [0.1, 0.15) is 33.0 Å². The van der Waals surface area contributed by atoms with Crippen LogP contribution < -0.4 is 14.8 Å². The fraction of sp³-hybridized carbons (Fsp3) is 0.476. The van der Waals surface area contributed by atoms with E-state index in [1.807, 2.05) is 17.4 Å². The maximum absolute atomic E-state index is 12.7. The van der Waals surface area contributed by atoms with Crippen molar-refractivity contribution in [3.05, 3.63) is 45.6 Å². The topological polar surface area (TPSA) is 50.8 Å².